The van der Waals surface area contributed by atoms with E-state index in [-0.39, 0.29) is 0 Å². The van der Waals surface area contributed by atoms with Gasteiger partial charge in [0.2, 0.25) is 0 Å². The van der Waals surface area contributed by atoms with Gasteiger partial charge < -0.3 is 4.57 Å². The third-order valence-electron chi connectivity index (χ3n) is 12.9. The Morgan fingerprint density at radius 3 is 1.95 bits per heavy atom. The number of benzene rings is 9. The number of hydrogen-bond acceptors (Lipinski definition) is 2. The summed E-state index contributed by atoms with van der Waals surface area (Å²) in [6.07, 6.45) is 0. The number of hydrogen-bond donors (Lipinski definition) is 0. The number of nitrogens with zero attached hydrogens (tertiary/aromatic N) is 3. The van der Waals surface area contributed by atoms with E-state index in [1.807, 2.05) is 0 Å². The minimum absolute atomic E-state index is 0.907. The molecule has 0 atom stereocenters. The van der Waals surface area contributed by atoms with Crippen LogP contribution in [0.25, 0.3) is 132 Å². The second-order valence-electron chi connectivity index (χ2n) is 16.1. The average Bonchev–Trinajstić information content (AvgIpc) is 3.79. The Balaban J connectivity index is 1.09. The van der Waals surface area contributed by atoms with Crippen LogP contribution >= 0.6 is 0 Å². The smallest absolute Gasteiger partial charge is 0.0979 e. The Morgan fingerprint density at radius 2 is 1.02 bits per heavy atom. The summed E-state index contributed by atoms with van der Waals surface area (Å²) in [7, 11) is 2.15. The van der Waals surface area contributed by atoms with Gasteiger partial charge >= 0.3 is 0 Å². The minimum atomic E-state index is 0.907. The zero-order valence-electron chi connectivity index (χ0n) is 32.8. The summed E-state index contributed by atoms with van der Waals surface area (Å²) in [6.45, 7) is 0. The van der Waals surface area contributed by atoms with Gasteiger partial charge in [-0.2, -0.15) is 0 Å². The molecule has 0 saturated heterocycles. The molecular weight excluding hydrogens is 727 g/mol. The molecule has 0 bridgehead atoms. The van der Waals surface area contributed by atoms with Gasteiger partial charge in [-0.1, -0.05) is 170 Å². The van der Waals surface area contributed by atoms with Gasteiger partial charge in [0.1, 0.15) is 0 Å². The van der Waals surface area contributed by atoms with Gasteiger partial charge in [0.05, 0.1) is 22.4 Å². The third kappa shape index (κ3) is 4.72. The number of rotatable bonds is 4. The lowest BCUT2D eigenvalue weighted by molar-refractivity contribution is 1.01. The summed E-state index contributed by atoms with van der Waals surface area (Å²) in [4.78, 5) is 11.2. The molecule has 0 saturated carbocycles. The van der Waals surface area contributed by atoms with E-state index in [2.05, 4.69) is 206 Å². The topological polar surface area (TPSA) is 30.7 Å². The first-order valence-electron chi connectivity index (χ1n) is 20.6. The van der Waals surface area contributed by atoms with Crippen molar-refractivity contribution in [1.29, 1.82) is 0 Å². The molecule has 0 spiro atoms. The predicted molar refractivity (Wildman–Crippen MR) is 252 cm³/mol. The number of aromatic nitrogens is 3. The molecule has 3 nitrogen and oxygen atoms in total. The maximum absolute atomic E-state index is 5.70. The fourth-order valence-corrected chi connectivity index (χ4v) is 10.1. The molecule has 278 valence electrons. The maximum atomic E-state index is 5.70. The van der Waals surface area contributed by atoms with E-state index in [1.54, 1.807) is 0 Å². The Morgan fingerprint density at radius 1 is 0.350 bits per heavy atom. The highest BCUT2D eigenvalue weighted by molar-refractivity contribution is 6.25. The van der Waals surface area contributed by atoms with Crippen LogP contribution < -0.4 is 0 Å². The van der Waals surface area contributed by atoms with Gasteiger partial charge in [0.25, 0.3) is 0 Å². The second-order valence-corrected chi connectivity index (χ2v) is 16.1. The highest BCUT2D eigenvalue weighted by atomic mass is 14.9. The van der Waals surface area contributed by atoms with Crippen LogP contribution in [0.3, 0.4) is 0 Å². The lowest BCUT2D eigenvalue weighted by Gasteiger charge is -2.17. The zero-order valence-corrected chi connectivity index (χ0v) is 32.8. The summed E-state index contributed by atoms with van der Waals surface area (Å²) >= 11 is 0. The minimum Gasteiger partial charge on any atom is -0.344 e. The van der Waals surface area contributed by atoms with E-state index in [0.717, 1.165) is 49.9 Å². The third-order valence-corrected chi connectivity index (χ3v) is 12.9. The molecule has 3 aromatic heterocycles. The van der Waals surface area contributed by atoms with Crippen LogP contribution in [0.2, 0.25) is 0 Å². The molecule has 1 aliphatic carbocycles. The van der Waals surface area contributed by atoms with Crippen molar-refractivity contribution in [2.75, 3.05) is 0 Å². The molecule has 13 rings (SSSR count). The first kappa shape index (κ1) is 33.1. The summed E-state index contributed by atoms with van der Waals surface area (Å²) < 4.78 is 2.29. The van der Waals surface area contributed by atoms with Crippen molar-refractivity contribution >= 4 is 65.2 Å². The fourth-order valence-electron chi connectivity index (χ4n) is 10.1. The van der Waals surface area contributed by atoms with Crippen LogP contribution in [-0.4, -0.2) is 14.5 Å². The van der Waals surface area contributed by atoms with Crippen molar-refractivity contribution in [3.63, 3.8) is 0 Å². The molecule has 3 heterocycles. The molecule has 0 radical (unpaired) electrons. The second kappa shape index (κ2) is 12.6. The Hall–Kier alpha value is -7.88. The molecule has 3 heteroatoms. The molecule has 0 aliphatic heterocycles. The van der Waals surface area contributed by atoms with Crippen molar-refractivity contribution in [3.8, 4) is 67.0 Å². The predicted octanol–water partition coefficient (Wildman–Crippen LogP) is 15.0. The van der Waals surface area contributed by atoms with Crippen molar-refractivity contribution in [3.05, 3.63) is 194 Å². The van der Waals surface area contributed by atoms with E-state index in [0.29, 0.717) is 0 Å². The van der Waals surface area contributed by atoms with Crippen LogP contribution in [0.15, 0.2) is 194 Å². The van der Waals surface area contributed by atoms with E-state index in [4.69, 9.17) is 9.97 Å². The highest BCUT2D eigenvalue weighted by Crippen LogP contribution is 2.54. The molecule has 60 heavy (non-hydrogen) atoms. The van der Waals surface area contributed by atoms with Gasteiger partial charge in [-0.25, -0.2) is 9.97 Å². The van der Waals surface area contributed by atoms with E-state index in [1.165, 1.54) is 82.3 Å². The van der Waals surface area contributed by atoms with Gasteiger partial charge in [-0.05, 0) is 79.2 Å². The molecule has 0 fully saturated rings. The lowest BCUT2D eigenvalue weighted by Crippen LogP contribution is -1.95. The summed E-state index contributed by atoms with van der Waals surface area (Å²) in [5, 5.41) is 9.67. The van der Waals surface area contributed by atoms with Crippen LogP contribution in [0.1, 0.15) is 0 Å². The molecule has 12 aromatic rings. The first-order chi connectivity index (χ1) is 29.7. The van der Waals surface area contributed by atoms with Crippen molar-refractivity contribution in [1.82, 2.24) is 14.5 Å². The summed E-state index contributed by atoms with van der Waals surface area (Å²) in [6, 6.07) is 70.7. The SMILES string of the molecule is Cn1c2ccccc2c2ccc(-c3ccc4ccc5c(-c6cccc(-c7ccccc7)c6)c6c(nc5c4n3)-c3cccc4c(-c5cccc7ccccc57)ccc-6c34)cc21. The molecular formula is C57H35N3. The van der Waals surface area contributed by atoms with Crippen molar-refractivity contribution < 1.29 is 0 Å². The Kier molecular flexibility index (Phi) is 6.93. The van der Waals surface area contributed by atoms with E-state index in [9.17, 15) is 0 Å². The van der Waals surface area contributed by atoms with Gasteiger partial charge in [-0.15, -0.1) is 0 Å². The monoisotopic (exact) mass is 761 g/mol. The van der Waals surface area contributed by atoms with E-state index < -0.39 is 0 Å². The fraction of sp³-hybridized carbons (Fsp3) is 0.0175. The number of aryl methyl sites for hydroxylation is 1. The largest absolute Gasteiger partial charge is 0.344 e. The van der Waals surface area contributed by atoms with Crippen LogP contribution in [0.5, 0.6) is 0 Å². The first-order valence-corrected chi connectivity index (χ1v) is 20.6. The summed E-state index contributed by atoms with van der Waals surface area (Å²) in [5.41, 5.74) is 18.0. The Labute approximate surface area is 346 Å². The van der Waals surface area contributed by atoms with Crippen LogP contribution in [0, 0.1) is 0 Å². The molecule has 0 N–H and O–H groups in total. The van der Waals surface area contributed by atoms with Crippen LogP contribution in [-0.2, 0) is 7.05 Å². The molecule has 9 aromatic carbocycles. The van der Waals surface area contributed by atoms with Gasteiger partial charge in [0, 0.05) is 61.9 Å². The highest BCUT2D eigenvalue weighted by Gasteiger charge is 2.30. The lowest BCUT2D eigenvalue weighted by atomic mass is 9.88. The van der Waals surface area contributed by atoms with Crippen molar-refractivity contribution in [2.24, 2.45) is 7.05 Å². The molecule has 0 amide bonds. The molecule has 1 aliphatic rings. The normalized spacial score (nSPS) is 12.1. The zero-order chi connectivity index (χ0) is 39.5. The number of para-hydroxylation sites is 1. The van der Waals surface area contributed by atoms with Gasteiger partial charge in [-0.3, -0.25) is 0 Å². The van der Waals surface area contributed by atoms with Crippen molar-refractivity contribution in [2.45, 2.75) is 0 Å². The summed E-state index contributed by atoms with van der Waals surface area (Å²) in [5.74, 6) is 0. The maximum Gasteiger partial charge on any atom is 0.0979 e. The standard InChI is InChI=1S/C57H35N3/c1-60-50-23-8-7-19-43(50)44-27-25-38(33-51(44)60)49-31-26-36-24-28-48-52(39-17-9-16-37(32-39)34-12-3-2-4-13-34)54-46-30-29-42(41-20-10-15-35-14-5-6-18-40(35)41)45-21-11-22-47(53(45)46)56(54)59-57(48)55(36)58-49/h2-33H,1H3. The van der Waals surface area contributed by atoms with Gasteiger partial charge in [0.15, 0.2) is 0 Å². The average molecular weight is 762 g/mol. The number of fused-ring (bicyclic) bond motifs is 10. The van der Waals surface area contributed by atoms with Crippen LogP contribution in [0.4, 0.5) is 0 Å². The quantitative estimate of drug-likeness (QED) is 0.167. The molecule has 0 unspecified atom stereocenters. The van der Waals surface area contributed by atoms with E-state index >= 15 is 0 Å². The Bertz CT molecular complexity index is 3780. The number of pyridine rings is 2.